The van der Waals surface area contributed by atoms with E-state index in [1.165, 1.54) is 0 Å². The highest BCUT2D eigenvalue weighted by molar-refractivity contribution is 5.77. The Balaban J connectivity index is 1.60. The lowest BCUT2D eigenvalue weighted by Crippen LogP contribution is -2.59. The van der Waals surface area contributed by atoms with Crippen LogP contribution in [-0.2, 0) is 19.0 Å². The molecular weight excluding hydrogens is 366 g/mol. The smallest absolute Gasteiger partial charge is 0.317 e. The van der Waals surface area contributed by atoms with E-state index in [4.69, 9.17) is 14.2 Å². The number of β-amino-alcohol motifs (C(OH)–C–C–N with tert-alkyl or cyclic N) is 1. The Kier molecular flexibility index (Phi) is 7.90. The summed E-state index contributed by atoms with van der Waals surface area (Å²) < 4.78 is 17.1. The predicted molar refractivity (Wildman–Crippen MR) is 101 cm³/mol. The molecule has 28 heavy (non-hydrogen) atoms. The van der Waals surface area contributed by atoms with Crippen molar-refractivity contribution in [3.8, 4) is 0 Å². The number of aliphatic hydroxyl groups is 1. The van der Waals surface area contributed by atoms with Gasteiger partial charge in [-0.05, 0) is 19.3 Å². The van der Waals surface area contributed by atoms with Crippen LogP contribution in [0, 0.1) is 0 Å². The molecule has 0 saturated carbocycles. The number of ether oxygens (including phenoxy) is 3. The van der Waals surface area contributed by atoms with Crippen molar-refractivity contribution in [1.82, 2.24) is 15.1 Å². The van der Waals surface area contributed by atoms with Crippen LogP contribution in [0.5, 0.6) is 0 Å². The largest absolute Gasteiger partial charge is 0.389 e. The molecule has 3 fully saturated rings. The van der Waals surface area contributed by atoms with Crippen LogP contribution in [0.15, 0.2) is 0 Å². The molecule has 3 aliphatic heterocycles. The molecule has 3 rings (SSSR count). The molecule has 0 aromatic carbocycles. The van der Waals surface area contributed by atoms with Gasteiger partial charge in [-0.1, -0.05) is 6.92 Å². The minimum atomic E-state index is -0.714. The summed E-state index contributed by atoms with van der Waals surface area (Å²) >= 11 is 0. The molecule has 2 N–H and O–H groups in total. The molecule has 9 nitrogen and oxygen atoms in total. The normalized spacial score (nSPS) is 31.5. The number of carbonyl (C=O) groups excluding carboxylic acids is 2. The number of rotatable bonds is 4. The van der Waals surface area contributed by atoms with Gasteiger partial charge in [-0.25, -0.2) is 4.79 Å². The lowest BCUT2D eigenvalue weighted by molar-refractivity contribution is -0.156. The number of urea groups is 1. The number of carbonyl (C=O) groups is 2. The molecule has 0 aromatic rings. The van der Waals surface area contributed by atoms with Gasteiger partial charge in [-0.3, -0.25) is 4.79 Å². The van der Waals surface area contributed by atoms with E-state index in [0.717, 1.165) is 12.8 Å². The highest BCUT2D eigenvalue weighted by Gasteiger charge is 2.40. The van der Waals surface area contributed by atoms with E-state index in [1.807, 2.05) is 11.8 Å². The zero-order chi connectivity index (χ0) is 19.9. The van der Waals surface area contributed by atoms with Crippen LogP contribution in [-0.4, -0.2) is 104 Å². The second-order valence-electron chi connectivity index (χ2n) is 7.71. The van der Waals surface area contributed by atoms with Crippen molar-refractivity contribution in [2.24, 2.45) is 0 Å². The minimum absolute atomic E-state index is 0.0893. The maximum Gasteiger partial charge on any atom is 0.317 e. The fourth-order valence-corrected chi connectivity index (χ4v) is 4.04. The van der Waals surface area contributed by atoms with Gasteiger partial charge in [0.2, 0.25) is 5.91 Å². The summed E-state index contributed by atoms with van der Waals surface area (Å²) in [6.07, 6.45) is 1.43. The van der Waals surface area contributed by atoms with Crippen LogP contribution in [0.25, 0.3) is 0 Å². The van der Waals surface area contributed by atoms with Gasteiger partial charge < -0.3 is 34.4 Å². The summed E-state index contributed by atoms with van der Waals surface area (Å²) in [5.74, 6) is 0.0893. The fourth-order valence-electron chi connectivity index (χ4n) is 4.04. The molecule has 0 radical (unpaired) electrons. The zero-order valence-electron chi connectivity index (χ0n) is 16.7. The standard InChI is InChI=1S/C19H33N3O6/c1-2-5-20-19(25)22-11-14(23)12-27-13-17-16(22)4-3-15(28-17)10-18(24)21-6-8-26-9-7-21/h14-17,23H,2-13H2,1H3,(H,20,25)/t14-,15-,16+,17-/m1/s1. The van der Waals surface area contributed by atoms with Gasteiger partial charge in [0, 0.05) is 19.6 Å². The van der Waals surface area contributed by atoms with E-state index in [-0.39, 0.29) is 43.3 Å². The van der Waals surface area contributed by atoms with E-state index >= 15 is 0 Å². The molecule has 9 heteroatoms. The van der Waals surface area contributed by atoms with Crippen LogP contribution in [0.1, 0.15) is 32.6 Å². The molecule has 0 bridgehead atoms. The number of hydrogen-bond donors (Lipinski definition) is 2. The Morgan fingerprint density at radius 3 is 2.68 bits per heavy atom. The average Bonchev–Trinajstić information content (AvgIpc) is 2.70. The minimum Gasteiger partial charge on any atom is -0.389 e. The third kappa shape index (κ3) is 5.56. The second-order valence-corrected chi connectivity index (χ2v) is 7.71. The first-order valence-electron chi connectivity index (χ1n) is 10.4. The summed E-state index contributed by atoms with van der Waals surface area (Å²) in [5.41, 5.74) is 0. The van der Waals surface area contributed by atoms with Gasteiger partial charge >= 0.3 is 6.03 Å². The predicted octanol–water partition coefficient (Wildman–Crippen LogP) is -0.0358. The Bertz CT molecular complexity index is 528. The number of morpholine rings is 1. The number of nitrogens with one attached hydrogen (secondary N) is 1. The zero-order valence-corrected chi connectivity index (χ0v) is 16.7. The summed E-state index contributed by atoms with van der Waals surface area (Å²) in [4.78, 5) is 28.7. The van der Waals surface area contributed by atoms with Crippen molar-refractivity contribution in [1.29, 1.82) is 0 Å². The average molecular weight is 399 g/mol. The molecule has 3 aliphatic rings. The van der Waals surface area contributed by atoms with E-state index < -0.39 is 6.10 Å². The highest BCUT2D eigenvalue weighted by Crippen LogP contribution is 2.28. The molecule has 4 atom stereocenters. The van der Waals surface area contributed by atoms with Crippen LogP contribution >= 0.6 is 0 Å². The summed E-state index contributed by atoms with van der Waals surface area (Å²) in [6, 6.07) is -0.342. The quantitative estimate of drug-likeness (QED) is 0.688. The van der Waals surface area contributed by atoms with E-state index in [2.05, 4.69) is 5.32 Å². The van der Waals surface area contributed by atoms with Crippen LogP contribution in [0.2, 0.25) is 0 Å². The maximum absolute atomic E-state index is 12.6. The summed E-state index contributed by atoms with van der Waals surface area (Å²) in [7, 11) is 0. The monoisotopic (exact) mass is 399 g/mol. The first-order valence-corrected chi connectivity index (χ1v) is 10.4. The molecule has 3 heterocycles. The van der Waals surface area contributed by atoms with Gasteiger partial charge in [-0.15, -0.1) is 0 Å². The van der Waals surface area contributed by atoms with Crippen molar-refractivity contribution in [2.75, 3.05) is 52.6 Å². The van der Waals surface area contributed by atoms with E-state index in [0.29, 0.717) is 52.3 Å². The Morgan fingerprint density at radius 1 is 1.14 bits per heavy atom. The molecule has 3 saturated heterocycles. The molecule has 0 spiro atoms. The second kappa shape index (κ2) is 10.4. The van der Waals surface area contributed by atoms with Crippen LogP contribution < -0.4 is 5.32 Å². The van der Waals surface area contributed by atoms with E-state index in [1.54, 1.807) is 4.90 Å². The number of fused-ring (bicyclic) bond motifs is 1. The Labute approximate surface area is 166 Å². The van der Waals surface area contributed by atoms with Crippen molar-refractivity contribution in [3.63, 3.8) is 0 Å². The Hall–Kier alpha value is -1.42. The van der Waals surface area contributed by atoms with Crippen LogP contribution in [0.3, 0.4) is 0 Å². The Morgan fingerprint density at radius 2 is 1.93 bits per heavy atom. The molecule has 160 valence electrons. The van der Waals surface area contributed by atoms with Gasteiger partial charge in [0.25, 0.3) is 0 Å². The van der Waals surface area contributed by atoms with E-state index in [9.17, 15) is 14.7 Å². The topological polar surface area (TPSA) is 101 Å². The molecule has 0 aromatic heterocycles. The SMILES string of the molecule is CCCNC(=O)N1C[C@@H](O)COC[C@H]2O[C@@H](CC(=O)N3CCOCC3)CC[C@@H]21. The van der Waals surface area contributed by atoms with Crippen molar-refractivity contribution < 1.29 is 28.9 Å². The van der Waals surface area contributed by atoms with Crippen molar-refractivity contribution in [3.05, 3.63) is 0 Å². The first-order chi connectivity index (χ1) is 13.6. The number of amides is 3. The highest BCUT2D eigenvalue weighted by atomic mass is 16.5. The van der Waals surface area contributed by atoms with Gasteiger partial charge in [-0.2, -0.15) is 0 Å². The molecular formula is C19H33N3O6. The molecule has 0 unspecified atom stereocenters. The molecule has 0 aliphatic carbocycles. The van der Waals surface area contributed by atoms with Crippen LogP contribution in [0.4, 0.5) is 4.79 Å². The summed E-state index contributed by atoms with van der Waals surface area (Å²) in [6.45, 7) is 5.71. The maximum atomic E-state index is 12.6. The lowest BCUT2D eigenvalue weighted by atomic mass is 9.94. The summed E-state index contributed by atoms with van der Waals surface area (Å²) in [5, 5.41) is 13.0. The van der Waals surface area contributed by atoms with Crippen molar-refractivity contribution in [2.45, 2.75) is 57.0 Å². The molecule has 3 amide bonds. The number of hydrogen-bond acceptors (Lipinski definition) is 6. The van der Waals surface area contributed by atoms with Gasteiger partial charge in [0.15, 0.2) is 0 Å². The third-order valence-corrected chi connectivity index (χ3v) is 5.53. The van der Waals surface area contributed by atoms with Gasteiger partial charge in [0.1, 0.15) is 6.10 Å². The first kappa shape index (κ1) is 21.3. The fraction of sp³-hybridized carbons (Fsp3) is 0.895. The van der Waals surface area contributed by atoms with Gasteiger partial charge in [0.05, 0.1) is 57.6 Å². The lowest BCUT2D eigenvalue weighted by Gasteiger charge is -2.44. The third-order valence-electron chi connectivity index (χ3n) is 5.53. The number of nitrogens with zero attached hydrogens (tertiary/aromatic N) is 2. The number of aliphatic hydroxyl groups excluding tert-OH is 1. The van der Waals surface area contributed by atoms with Crippen molar-refractivity contribution >= 4 is 11.9 Å².